The summed E-state index contributed by atoms with van der Waals surface area (Å²) in [7, 11) is 0. The first-order chi connectivity index (χ1) is 11.2. The first kappa shape index (κ1) is 16.1. The fourth-order valence-corrected chi connectivity index (χ4v) is 3.39. The lowest BCUT2D eigenvalue weighted by Gasteiger charge is -2.35. The Bertz CT molecular complexity index is 598. The maximum atomic E-state index is 4.08. The van der Waals surface area contributed by atoms with Gasteiger partial charge in [0.1, 0.15) is 0 Å². The highest BCUT2D eigenvalue weighted by atomic mass is 15.1. The standard InChI is InChI=1S/C19H28N4/c1-16-5-3-6-19(17(16)2)23-12-7-18(8-13-23)21-9-4-11-22-14-10-20-15-22/h3,5-6,10,14-15,18,21H,4,7-9,11-13H2,1-2H3. The van der Waals surface area contributed by atoms with Gasteiger partial charge < -0.3 is 14.8 Å². The summed E-state index contributed by atoms with van der Waals surface area (Å²) in [6, 6.07) is 7.31. The number of piperidine rings is 1. The molecule has 0 unspecified atom stereocenters. The Balaban J connectivity index is 1.41. The van der Waals surface area contributed by atoms with E-state index in [-0.39, 0.29) is 0 Å². The number of aromatic nitrogens is 2. The van der Waals surface area contributed by atoms with Gasteiger partial charge in [-0.2, -0.15) is 0 Å². The molecular formula is C19H28N4. The molecule has 1 N–H and O–H groups in total. The van der Waals surface area contributed by atoms with E-state index in [2.05, 4.69) is 51.8 Å². The van der Waals surface area contributed by atoms with E-state index in [0.717, 1.165) is 32.6 Å². The molecule has 4 heteroatoms. The lowest BCUT2D eigenvalue weighted by atomic mass is 10.0. The second-order valence-corrected chi connectivity index (χ2v) is 6.59. The molecule has 1 saturated heterocycles. The fourth-order valence-electron chi connectivity index (χ4n) is 3.39. The average Bonchev–Trinajstić information content (AvgIpc) is 3.08. The molecule has 1 aliphatic rings. The number of benzene rings is 1. The maximum absolute atomic E-state index is 4.08. The van der Waals surface area contributed by atoms with Crippen LogP contribution < -0.4 is 10.2 Å². The minimum Gasteiger partial charge on any atom is -0.371 e. The van der Waals surface area contributed by atoms with E-state index < -0.39 is 0 Å². The van der Waals surface area contributed by atoms with E-state index in [0.29, 0.717) is 6.04 Å². The number of hydrogen-bond acceptors (Lipinski definition) is 3. The molecule has 23 heavy (non-hydrogen) atoms. The van der Waals surface area contributed by atoms with Crippen molar-refractivity contribution in [2.75, 3.05) is 24.5 Å². The van der Waals surface area contributed by atoms with Crippen molar-refractivity contribution >= 4 is 5.69 Å². The summed E-state index contributed by atoms with van der Waals surface area (Å²) in [6.45, 7) is 8.89. The van der Waals surface area contributed by atoms with E-state index in [1.807, 2.05) is 18.7 Å². The van der Waals surface area contributed by atoms with Gasteiger partial charge in [-0.15, -0.1) is 0 Å². The summed E-state index contributed by atoms with van der Waals surface area (Å²) in [6.07, 6.45) is 9.40. The third-order valence-electron chi connectivity index (χ3n) is 5.00. The van der Waals surface area contributed by atoms with Gasteiger partial charge in [0.2, 0.25) is 0 Å². The largest absolute Gasteiger partial charge is 0.371 e. The summed E-state index contributed by atoms with van der Waals surface area (Å²) >= 11 is 0. The first-order valence-electron chi connectivity index (χ1n) is 8.74. The van der Waals surface area contributed by atoms with Crippen molar-refractivity contribution in [1.82, 2.24) is 14.9 Å². The molecule has 0 spiro atoms. The van der Waals surface area contributed by atoms with Gasteiger partial charge in [-0.05, 0) is 56.8 Å². The van der Waals surface area contributed by atoms with Gasteiger partial charge in [0, 0.05) is 43.8 Å². The van der Waals surface area contributed by atoms with Crippen molar-refractivity contribution in [2.24, 2.45) is 0 Å². The molecule has 3 rings (SSSR count). The molecule has 0 amide bonds. The Kier molecular flexibility index (Phi) is 5.34. The molecule has 124 valence electrons. The Morgan fingerprint density at radius 1 is 1.22 bits per heavy atom. The number of rotatable bonds is 6. The Hall–Kier alpha value is -1.81. The summed E-state index contributed by atoms with van der Waals surface area (Å²) in [5.41, 5.74) is 4.24. The van der Waals surface area contributed by atoms with Crippen LogP contribution in [-0.4, -0.2) is 35.2 Å². The number of aryl methyl sites for hydroxylation is 2. The Labute approximate surface area is 139 Å². The van der Waals surface area contributed by atoms with E-state index in [1.54, 1.807) is 0 Å². The zero-order valence-corrected chi connectivity index (χ0v) is 14.3. The molecule has 2 aromatic rings. The number of nitrogens with one attached hydrogen (secondary N) is 1. The van der Waals surface area contributed by atoms with Crippen molar-refractivity contribution in [3.63, 3.8) is 0 Å². The van der Waals surface area contributed by atoms with Gasteiger partial charge in [0.15, 0.2) is 0 Å². The molecule has 0 radical (unpaired) electrons. The Morgan fingerprint density at radius 2 is 2.04 bits per heavy atom. The van der Waals surface area contributed by atoms with Crippen LogP contribution in [0.3, 0.4) is 0 Å². The van der Waals surface area contributed by atoms with Crippen molar-refractivity contribution in [1.29, 1.82) is 0 Å². The molecule has 1 aromatic heterocycles. The minimum absolute atomic E-state index is 0.666. The normalized spacial score (nSPS) is 16.0. The van der Waals surface area contributed by atoms with Crippen LogP contribution in [0.2, 0.25) is 0 Å². The second-order valence-electron chi connectivity index (χ2n) is 6.59. The van der Waals surface area contributed by atoms with E-state index in [1.165, 1.54) is 29.7 Å². The average molecular weight is 312 g/mol. The zero-order chi connectivity index (χ0) is 16.1. The molecular weight excluding hydrogens is 284 g/mol. The number of anilines is 1. The summed E-state index contributed by atoms with van der Waals surface area (Å²) < 4.78 is 2.14. The van der Waals surface area contributed by atoms with Crippen molar-refractivity contribution in [3.05, 3.63) is 48.0 Å². The van der Waals surface area contributed by atoms with E-state index in [9.17, 15) is 0 Å². The van der Waals surface area contributed by atoms with Crippen LogP contribution >= 0.6 is 0 Å². The van der Waals surface area contributed by atoms with Gasteiger partial charge in [0.25, 0.3) is 0 Å². The fraction of sp³-hybridized carbons (Fsp3) is 0.526. The van der Waals surface area contributed by atoms with Crippen LogP contribution in [0.1, 0.15) is 30.4 Å². The van der Waals surface area contributed by atoms with Crippen LogP contribution in [0.25, 0.3) is 0 Å². The van der Waals surface area contributed by atoms with Crippen LogP contribution in [0.15, 0.2) is 36.9 Å². The monoisotopic (exact) mass is 312 g/mol. The summed E-state index contributed by atoms with van der Waals surface area (Å²) in [5, 5.41) is 3.72. The second kappa shape index (κ2) is 7.64. The number of hydrogen-bond donors (Lipinski definition) is 1. The van der Waals surface area contributed by atoms with Crippen LogP contribution in [-0.2, 0) is 6.54 Å². The highest BCUT2D eigenvalue weighted by molar-refractivity contribution is 5.56. The van der Waals surface area contributed by atoms with Gasteiger partial charge in [-0.25, -0.2) is 4.98 Å². The van der Waals surface area contributed by atoms with Crippen molar-refractivity contribution < 1.29 is 0 Å². The molecule has 1 fully saturated rings. The smallest absolute Gasteiger partial charge is 0.0945 e. The first-order valence-corrected chi connectivity index (χ1v) is 8.74. The number of imidazole rings is 1. The quantitative estimate of drug-likeness (QED) is 0.832. The van der Waals surface area contributed by atoms with Gasteiger partial charge in [0.05, 0.1) is 6.33 Å². The molecule has 2 heterocycles. The SMILES string of the molecule is Cc1cccc(N2CCC(NCCCn3ccnc3)CC2)c1C. The topological polar surface area (TPSA) is 33.1 Å². The van der Waals surface area contributed by atoms with Crippen LogP contribution in [0.5, 0.6) is 0 Å². The summed E-state index contributed by atoms with van der Waals surface area (Å²) in [4.78, 5) is 6.63. The third kappa shape index (κ3) is 4.14. The van der Waals surface area contributed by atoms with E-state index in [4.69, 9.17) is 0 Å². The lowest BCUT2D eigenvalue weighted by Crippen LogP contribution is -2.43. The van der Waals surface area contributed by atoms with Crippen LogP contribution in [0, 0.1) is 13.8 Å². The Morgan fingerprint density at radius 3 is 2.78 bits per heavy atom. The van der Waals surface area contributed by atoms with E-state index >= 15 is 0 Å². The highest BCUT2D eigenvalue weighted by Gasteiger charge is 2.20. The van der Waals surface area contributed by atoms with Crippen LogP contribution in [0.4, 0.5) is 5.69 Å². The highest BCUT2D eigenvalue weighted by Crippen LogP contribution is 2.25. The van der Waals surface area contributed by atoms with Gasteiger partial charge in [-0.3, -0.25) is 0 Å². The molecule has 1 aromatic carbocycles. The van der Waals surface area contributed by atoms with Crippen molar-refractivity contribution in [2.45, 2.75) is 45.7 Å². The number of nitrogens with zero attached hydrogens (tertiary/aromatic N) is 3. The predicted octanol–water partition coefficient (Wildman–Crippen LogP) is 3.15. The minimum atomic E-state index is 0.666. The van der Waals surface area contributed by atoms with Crippen molar-refractivity contribution in [3.8, 4) is 0 Å². The molecule has 0 atom stereocenters. The molecule has 4 nitrogen and oxygen atoms in total. The molecule has 1 aliphatic heterocycles. The lowest BCUT2D eigenvalue weighted by molar-refractivity contribution is 0.407. The third-order valence-corrected chi connectivity index (χ3v) is 5.00. The zero-order valence-electron chi connectivity index (χ0n) is 14.3. The van der Waals surface area contributed by atoms with Gasteiger partial charge in [-0.1, -0.05) is 12.1 Å². The molecule has 0 bridgehead atoms. The summed E-state index contributed by atoms with van der Waals surface area (Å²) in [5.74, 6) is 0. The molecule has 0 saturated carbocycles. The predicted molar refractivity (Wildman–Crippen MR) is 96.0 cm³/mol. The molecule has 0 aliphatic carbocycles. The maximum Gasteiger partial charge on any atom is 0.0945 e. The van der Waals surface area contributed by atoms with Gasteiger partial charge >= 0.3 is 0 Å².